The number of benzene rings is 1. The molecule has 1 N–H and O–H groups in total. The van der Waals surface area contributed by atoms with Crippen molar-refractivity contribution >= 4 is 5.91 Å². The van der Waals surface area contributed by atoms with Crippen molar-refractivity contribution in [3.63, 3.8) is 0 Å². The van der Waals surface area contributed by atoms with Crippen molar-refractivity contribution in [1.29, 1.82) is 0 Å². The molecule has 0 spiro atoms. The highest BCUT2D eigenvalue weighted by Gasteiger charge is 2.18. The van der Waals surface area contributed by atoms with Gasteiger partial charge in [0, 0.05) is 37.3 Å². The van der Waals surface area contributed by atoms with Gasteiger partial charge in [0.2, 0.25) is 17.6 Å². The van der Waals surface area contributed by atoms with Crippen LogP contribution in [0.5, 0.6) is 0 Å². The summed E-state index contributed by atoms with van der Waals surface area (Å²) in [4.78, 5) is 21.0. The summed E-state index contributed by atoms with van der Waals surface area (Å²) in [5.74, 6) is 2.23. The number of aryl methyl sites for hydroxylation is 1. The van der Waals surface area contributed by atoms with Crippen molar-refractivity contribution in [2.75, 3.05) is 0 Å². The van der Waals surface area contributed by atoms with Gasteiger partial charge in [-0.1, -0.05) is 43.3 Å². The number of carbonyl (C=O) groups is 1. The highest BCUT2D eigenvalue weighted by atomic mass is 16.5. The SMILES string of the molecule is Cc1nc(-c2ccc(CNC(=O)[C@@H](C)n3ccnc3C(C)C)cc2)no1. The fraction of sp³-hybridized carbons (Fsp3) is 0.368. The van der Waals surface area contributed by atoms with Crippen LogP contribution in [0.25, 0.3) is 11.4 Å². The predicted octanol–water partition coefficient (Wildman–Crippen LogP) is 3.24. The third kappa shape index (κ3) is 3.82. The molecule has 1 amide bonds. The molecule has 0 aliphatic carbocycles. The van der Waals surface area contributed by atoms with Crippen molar-refractivity contribution in [2.24, 2.45) is 0 Å². The minimum absolute atomic E-state index is 0.0391. The Morgan fingerprint density at radius 3 is 2.58 bits per heavy atom. The normalized spacial score (nSPS) is 12.3. The highest BCUT2D eigenvalue weighted by molar-refractivity contribution is 5.80. The highest BCUT2D eigenvalue weighted by Crippen LogP contribution is 2.18. The number of aromatic nitrogens is 4. The van der Waals surface area contributed by atoms with E-state index in [9.17, 15) is 4.79 Å². The smallest absolute Gasteiger partial charge is 0.243 e. The first-order chi connectivity index (χ1) is 12.5. The van der Waals surface area contributed by atoms with E-state index < -0.39 is 0 Å². The Hall–Kier alpha value is -2.96. The molecule has 7 nitrogen and oxygen atoms in total. The van der Waals surface area contributed by atoms with Crippen LogP contribution in [0, 0.1) is 6.92 Å². The van der Waals surface area contributed by atoms with Gasteiger partial charge in [0.25, 0.3) is 0 Å². The van der Waals surface area contributed by atoms with Crippen molar-refractivity contribution in [2.45, 2.75) is 46.2 Å². The summed E-state index contributed by atoms with van der Waals surface area (Å²) >= 11 is 0. The average molecular weight is 353 g/mol. The molecule has 3 rings (SSSR count). The quantitative estimate of drug-likeness (QED) is 0.735. The van der Waals surface area contributed by atoms with E-state index in [2.05, 4.69) is 34.3 Å². The van der Waals surface area contributed by atoms with E-state index in [4.69, 9.17) is 4.52 Å². The molecule has 7 heteroatoms. The van der Waals surface area contributed by atoms with Gasteiger partial charge < -0.3 is 14.4 Å². The molecule has 1 atom stereocenters. The number of carbonyl (C=O) groups excluding carboxylic acids is 1. The van der Waals surface area contributed by atoms with Gasteiger partial charge >= 0.3 is 0 Å². The molecular formula is C19H23N5O2. The van der Waals surface area contributed by atoms with E-state index in [1.807, 2.05) is 42.0 Å². The van der Waals surface area contributed by atoms with E-state index in [1.165, 1.54) is 0 Å². The zero-order valence-corrected chi connectivity index (χ0v) is 15.4. The third-order valence-electron chi connectivity index (χ3n) is 4.22. The van der Waals surface area contributed by atoms with Crippen LogP contribution in [0.4, 0.5) is 0 Å². The van der Waals surface area contributed by atoms with E-state index in [0.29, 0.717) is 18.3 Å². The average Bonchev–Trinajstić information content (AvgIpc) is 3.28. The summed E-state index contributed by atoms with van der Waals surface area (Å²) in [6.45, 7) is 8.23. The summed E-state index contributed by atoms with van der Waals surface area (Å²) in [6, 6.07) is 7.42. The number of imidazole rings is 1. The lowest BCUT2D eigenvalue weighted by Crippen LogP contribution is -2.31. The van der Waals surface area contributed by atoms with Crippen molar-refractivity contribution < 1.29 is 9.32 Å². The van der Waals surface area contributed by atoms with Crippen molar-refractivity contribution in [3.8, 4) is 11.4 Å². The van der Waals surface area contributed by atoms with Gasteiger partial charge in [-0.3, -0.25) is 4.79 Å². The summed E-state index contributed by atoms with van der Waals surface area (Å²) in [5, 5.41) is 6.88. The maximum absolute atomic E-state index is 12.5. The molecule has 0 fully saturated rings. The topological polar surface area (TPSA) is 85.8 Å². The largest absolute Gasteiger partial charge is 0.350 e. The summed E-state index contributed by atoms with van der Waals surface area (Å²) in [6.07, 6.45) is 3.58. The van der Waals surface area contributed by atoms with Gasteiger partial charge in [0.05, 0.1) is 0 Å². The minimum Gasteiger partial charge on any atom is -0.350 e. The standard InChI is InChI=1S/C19H23N5O2/c1-12(2)18-20-9-10-24(18)13(3)19(25)21-11-15-5-7-16(8-6-15)17-22-14(4)26-23-17/h5-10,12-13H,11H2,1-4H3,(H,21,25)/t13-/m1/s1. The van der Waals surface area contributed by atoms with Gasteiger partial charge in [0.1, 0.15) is 11.9 Å². The van der Waals surface area contributed by atoms with E-state index >= 15 is 0 Å². The van der Waals surface area contributed by atoms with Crippen LogP contribution in [0.3, 0.4) is 0 Å². The van der Waals surface area contributed by atoms with Crippen LogP contribution in [0.1, 0.15) is 50.0 Å². The van der Waals surface area contributed by atoms with E-state index in [-0.39, 0.29) is 17.9 Å². The Labute approximate surface area is 152 Å². The summed E-state index contributed by atoms with van der Waals surface area (Å²) < 4.78 is 6.91. The van der Waals surface area contributed by atoms with Gasteiger partial charge in [-0.2, -0.15) is 4.98 Å². The van der Waals surface area contributed by atoms with Crippen LogP contribution in [-0.4, -0.2) is 25.6 Å². The molecule has 3 aromatic rings. The second-order valence-corrected chi connectivity index (χ2v) is 6.58. The fourth-order valence-corrected chi connectivity index (χ4v) is 2.75. The molecule has 0 unspecified atom stereocenters. The molecule has 0 saturated carbocycles. The van der Waals surface area contributed by atoms with Crippen molar-refractivity contribution in [1.82, 2.24) is 25.0 Å². The number of hydrogen-bond donors (Lipinski definition) is 1. The Bertz CT molecular complexity index is 879. The lowest BCUT2D eigenvalue weighted by Gasteiger charge is -2.17. The van der Waals surface area contributed by atoms with Gasteiger partial charge in [-0.15, -0.1) is 0 Å². The van der Waals surface area contributed by atoms with Crippen LogP contribution in [0.15, 0.2) is 41.2 Å². The van der Waals surface area contributed by atoms with E-state index in [0.717, 1.165) is 17.0 Å². The van der Waals surface area contributed by atoms with Crippen LogP contribution in [-0.2, 0) is 11.3 Å². The zero-order chi connectivity index (χ0) is 18.7. The number of nitrogens with one attached hydrogen (secondary N) is 1. The number of hydrogen-bond acceptors (Lipinski definition) is 5. The first kappa shape index (κ1) is 17.8. The lowest BCUT2D eigenvalue weighted by atomic mass is 10.1. The number of nitrogens with zero attached hydrogens (tertiary/aromatic N) is 4. The molecule has 26 heavy (non-hydrogen) atoms. The van der Waals surface area contributed by atoms with E-state index in [1.54, 1.807) is 13.1 Å². The fourth-order valence-electron chi connectivity index (χ4n) is 2.75. The summed E-state index contributed by atoms with van der Waals surface area (Å²) in [5.41, 5.74) is 1.88. The molecule has 0 saturated heterocycles. The van der Waals surface area contributed by atoms with Crippen LogP contribution >= 0.6 is 0 Å². The maximum atomic E-state index is 12.5. The van der Waals surface area contributed by atoms with Gasteiger partial charge in [-0.05, 0) is 12.5 Å². The third-order valence-corrected chi connectivity index (χ3v) is 4.22. The van der Waals surface area contributed by atoms with Crippen molar-refractivity contribution in [3.05, 3.63) is 53.9 Å². The first-order valence-electron chi connectivity index (χ1n) is 8.65. The van der Waals surface area contributed by atoms with Crippen LogP contribution < -0.4 is 5.32 Å². The Balaban J connectivity index is 1.61. The van der Waals surface area contributed by atoms with Gasteiger partial charge in [0.15, 0.2) is 0 Å². The molecule has 2 heterocycles. The first-order valence-corrected chi connectivity index (χ1v) is 8.65. The predicted molar refractivity (Wildman–Crippen MR) is 97.3 cm³/mol. The molecule has 136 valence electrons. The Morgan fingerprint density at radius 1 is 1.23 bits per heavy atom. The Kier molecular flexibility index (Phi) is 5.16. The summed E-state index contributed by atoms with van der Waals surface area (Å²) in [7, 11) is 0. The minimum atomic E-state index is -0.309. The maximum Gasteiger partial charge on any atom is 0.243 e. The molecule has 0 aliphatic heterocycles. The molecule has 0 radical (unpaired) electrons. The second kappa shape index (κ2) is 7.51. The monoisotopic (exact) mass is 353 g/mol. The molecule has 0 aliphatic rings. The number of amides is 1. The second-order valence-electron chi connectivity index (χ2n) is 6.58. The van der Waals surface area contributed by atoms with Gasteiger partial charge in [-0.25, -0.2) is 4.98 Å². The Morgan fingerprint density at radius 2 is 1.96 bits per heavy atom. The lowest BCUT2D eigenvalue weighted by molar-refractivity contribution is -0.124. The zero-order valence-electron chi connectivity index (χ0n) is 15.4. The van der Waals surface area contributed by atoms with Crippen LogP contribution in [0.2, 0.25) is 0 Å². The number of rotatable bonds is 6. The molecule has 0 bridgehead atoms. The molecule has 1 aromatic carbocycles. The molecular weight excluding hydrogens is 330 g/mol. The molecule has 2 aromatic heterocycles.